The molecule has 0 unspecified atom stereocenters. The van der Waals surface area contributed by atoms with Gasteiger partial charge in [-0.2, -0.15) is 0 Å². The number of nitrogens with one attached hydrogen (secondary N) is 1. The summed E-state index contributed by atoms with van der Waals surface area (Å²) < 4.78 is 13.2. The summed E-state index contributed by atoms with van der Waals surface area (Å²) in [4.78, 5) is 4.34. The molecule has 92 valence electrons. The molecule has 0 spiro atoms. The Balaban J connectivity index is 2.27. The van der Waals surface area contributed by atoms with Gasteiger partial charge in [0.1, 0.15) is 5.82 Å². The number of benzene rings is 2. The fourth-order valence-corrected chi connectivity index (χ4v) is 1.64. The first-order valence-electron chi connectivity index (χ1n) is 5.77. The predicted molar refractivity (Wildman–Crippen MR) is 74.4 cm³/mol. The van der Waals surface area contributed by atoms with E-state index in [1.807, 2.05) is 31.2 Å². The van der Waals surface area contributed by atoms with Crippen LogP contribution in [0.1, 0.15) is 11.1 Å². The van der Waals surface area contributed by atoms with Crippen LogP contribution in [0.2, 0.25) is 0 Å². The zero-order valence-electron chi connectivity index (χ0n) is 10.4. The van der Waals surface area contributed by atoms with E-state index in [9.17, 15) is 4.39 Å². The minimum atomic E-state index is -0.264. The fraction of sp³-hybridized carbons (Fsp3) is 0.133. The Morgan fingerprint density at radius 1 is 1.11 bits per heavy atom. The molecule has 0 atom stereocenters. The number of hydrogen-bond donors (Lipinski definition) is 1. The molecule has 0 aliphatic heterocycles. The Morgan fingerprint density at radius 2 is 1.83 bits per heavy atom. The van der Waals surface area contributed by atoms with Gasteiger partial charge in [-0.05, 0) is 37.3 Å². The average molecular weight is 242 g/mol. The van der Waals surface area contributed by atoms with Gasteiger partial charge in [-0.15, -0.1) is 0 Å². The second kappa shape index (κ2) is 5.45. The highest BCUT2D eigenvalue weighted by atomic mass is 19.1. The molecule has 2 aromatic rings. The van der Waals surface area contributed by atoms with Crippen LogP contribution >= 0.6 is 0 Å². The standard InChI is InChI=1S/C15H15FN2/c1-11-3-6-14(7-4-11)18-10-12-9-13(16)5-8-15(12)17-2/h3-10,17H,1-2H3. The second-order valence-electron chi connectivity index (χ2n) is 4.08. The monoisotopic (exact) mass is 242 g/mol. The molecule has 1 N–H and O–H groups in total. The van der Waals surface area contributed by atoms with Gasteiger partial charge in [-0.3, -0.25) is 4.99 Å². The summed E-state index contributed by atoms with van der Waals surface area (Å²) in [7, 11) is 1.80. The third-order valence-electron chi connectivity index (χ3n) is 2.67. The maximum atomic E-state index is 13.2. The molecule has 2 nitrogen and oxygen atoms in total. The van der Waals surface area contributed by atoms with Crippen molar-refractivity contribution in [3.63, 3.8) is 0 Å². The zero-order chi connectivity index (χ0) is 13.0. The molecule has 0 fully saturated rings. The van der Waals surface area contributed by atoms with Gasteiger partial charge in [0.25, 0.3) is 0 Å². The van der Waals surface area contributed by atoms with Crippen LogP contribution in [0.5, 0.6) is 0 Å². The van der Waals surface area contributed by atoms with E-state index in [0.29, 0.717) is 0 Å². The normalized spacial score (nSPS) is 10.8. The number of rotatable bonds is 3. The summed E-state index contributed by atoms with van der Waals surface area (Å²) in [5, 5.41) is 3.01. The van der Waals surface area contributed by atoms with E-state index in [1.54, 1.807) is 19.3 Å². The SMILES string of the molecule is CNc1ccc(F)cc1C=Nc1ccc(C)cc1. The van der Waals surface area contributed by atoms with Crippen LogP contribution in [0.3, 0.4) is 0 Å². The topological polar surface area (TPSA) is 24.4 Å². The quantitative estimate of drug-likeness (QED) is 0.810. The third-order valence-corrected chi connectivity index (χ3v) is 2.67. The molecule has 2 rings (SSSR count). The molecule has 0 amide bonds. The van der Waals surface area contributed by atoms with Gasteiger partial charge >= 0.3 is 0 Å². The van der Waals surface area contributed by atoms with E-state index < -0.39 is 0 Å². The first-order valence-corrected chi connectivity index (χ1v) is 5.77. The van der Waals surface area contributed by atoms with Crippen LogP contribution in [0.15, 0.2) is 47.5 Å². The van der Waals surface area contributed by atoms with Gasteiger partial charge in [-0.25, -0.2) is 4.39 Å². The molecule has 0 radical (unpaired) electrons. The van der Waals surface area contributed by atoms with E-state index in [2.05, 4.69) is 10.3 Å². The molecule has 2 aromatic carbocycles. The molecule has 0 aromatic heterocycles. The first kappa shape index (κ1) is 12.3. The molecule has 0 bridgehead atoms. The van der Waals surface area contributed by atoms with E-state index in [1.165, 1.54) is 17.7 Å². The summed E-state index contributed by atoms with van der Waals surface area (Å²) in [6.45, 7) is 2.03. The summed E-state index contributed by atoms with van der Waals surface area (Å²) in [5.41, 5.74) is 3.63. The fourth-order valence-electron chi connectivity index (χ4n) is 1.64. The van der Waals surface area contributed by atoms with E-state index >= 15 is 0 Å². The van der Waals surface area contributed by atoms with Gasteiger partial charge in [0.2, 0.25) is 0 Å². The minimum Gasteiger partial charge on any atom is -0.388 e. The maximum absolute atomic E-state index is 13.2. The third kappa shape index (κ3) is 2.94. The molecule has 3 heteroatoms. The predicted octanol–water partition coefficient (Wildman–Crippen LogP) is 3.93. The summed E-state index contributed by atoms with van der Waals surface area (Å²) in [6.07, 6.45) is 1.67. The van der Waals surface area contributed by atoms with Crippen molar-refractivity contribution in [2.75, 3.05) is 12.4 Å². The number of aliphatic imine (C=N–C) groups is 1. The van der Waals surface area contributed by atoms with E-state index in [4.69, 9.17) is 0 Å². The lowest BCUT2D eigenvalue weighted by Gasteiger charge is -2.04. The van der Waals surface area contributed by atoms with Crippen molar-refractivity contribution in [2.45, 2.75) is 6.92 Å². The molecular formula is C15H15FN2. The van der Waals surface area contributed by atoms with Crippen molar-refractivity contribution in [2.24, 2.45) is 4.99 Å². The Bertz CT molecular complexity index is 559. The highest BCUT2D eigenvalue weighted by Crippen LogP contribution is 2.17. The van der Waals surface area contributed by atoms with Crippen molar-refractivity contribution in [3.05, 3.63) is 59.4 Å². The van der Waals surface area contributed by atoms with Gasteiger partial charge in [0.15, 0.2) is 0 Å². The Kier molecular flexibility index (Phi) is 3.72. The largest absolute Gasteiger partial charge is 0.388 e. The zero-order valence-corrected chi connectivity index (χ0v) is 10.4. The van der Waals surface area contributed by atoms with Gasteiger partial charge < -0.3 is 5.32 Å². The van der Waals surface area contributed by atoms with E-state index in [0.717, 1.165) is 16.9 Å². The summed E-state index contributed by atoms with van der Waals surface area (Å²) in [6, 6.07) is 12.5. The van der Waals surface area contributed by atoms with Crippen molar-refractivity contribution >= 4 is 17.6 Å². The van der Waals surface area contributed by atoms with Crippen molar-refractivity contribution in [1.82, 2.24) is 0 Å². The minimum absolute atomic E-state index is 0.264. The van der Waals surface area contributed by atoms with Gasteiger partial charge in [-0.1, -0.05) is 17.7 Å². The second-order valence-corrected chi connectivity index (χ2v) is 4.08. The highest BCUT2D eigenvalue weighted by Gasteiger charge is 2.00. The van der Waals surface area contributed by atoms with Crippen molar-refractivity contribution < 1.29 is 4.39 Å². The molecule has 18 heavy (non-hydrogen) atoms. The highest BCUT2D eigenvalue weighted by molar-refractivity contribution is 5.89. The molecule has 0 saturated heterocycles. The molecule has 0 heterocycles. The van der Waals surface area contributed by atoms with Crippen LogP contribution in [-0.2, 0) is 0 Å². The summed E-state index contributed by atoms with van der Waals surface area (Å²) in [5.74, 6) is -0.264. The van der Waals surface area contributed by atoms with Crippen LogP contribution in [-0.4, -0.2) is 13.3 Å². The van der Waals surface area contributed by atoms with Gasteiger partial charge in [0.05, 0.1) is 5.69 Å². The number of nitrogens with zero attached hydrogens (tertiary/aromatic N) is 1. The molecule has 0 aliphatic rings. The van der Waals surface area contributed by atoms with Gasteiger partial charge in [0, 0.05) is 24.5 Å². The first-order chi connectivity index (χ1) is 8.69. The van der Waals surface area contributed by atoms with Crippen molar-refractivity contribution in [3.8, 4) is 0 Å². The smallest absolute Gasteiger partial charge is 0.124 e. The average Bonchev–Trinajstić information content (AvgIpc) is 2.38. The lowest BCUT2D eigenvalue weighted by atomic mass is 10.2. The number of halogens is 1. The maximum Gasteiger partial charge on any atom is 0.124 e. The van der Waals surface area contributed by atoms with Crippen LogP contribution < -0.4 is 5.32 Å². The Labute approximate surface area is 106 Å². The van der Waals surface area contributed by atoms with E-state index in [-0.39, 0.29) is 5.82 Å². The molecular weight excluding hydrogens is 227 g/mol. The molecule has 0 aliphatic carbocycles. The summed E-state index contributed by atoms with van der Waals surface area (Å²) >= 11 is 0. The van der Waals surface area contributed by atoms with Crippen LogP contribution in [0, 0.1) is 12.7 Å². The Morgan fingerprint density at radius 3 is 2.50 bits per heavy atom. The number of aryl methyl sites for hydroxylation is 1. The Hall–Kier alpha value is -2.16. The van der Waals surface area contributed by atoms with Crippen LogP contribution in [0.25, 0.3) is 0 Å². The lowest BCUT2D eigenvalue weighted by Crippen LogP contribution is -1.95. The molecule has 0 saturated carbocycles. The number of anilines is 1. The lowest BCUT2D eigenvalue weighted by molar-refractivity contribution is 0.628. The number of hydrogen-bond acceptors (Lipinski definition) is 2. The van der Waals surface area contributed by atoms with Crippen molar-refractivity contribution in [1.29, 1.82) is 0 Å². The van der Waals surface area contributed by atoms with Crippen LogP contribution in [0.4, 0.5) is 15.8 Å².